The van der Waals surface area contributed by atoms with Crippen molar-refractivity contribution in [1.29, 1.82) is 0 Å². The summed E-state index contributed by atoms with van der Waals surface area (Å²) < 4.78 is 62.4. The fraction of sp³-hybridized carbons (Fsp3) is 0.250. The maximum absolute atomic E-state index is 13.3. The third kappa shape index (κ3) is 4.93. The number of carbonyl (C=O) groups excluding carboxylic acids is 1. The molecular weight excluding hydrogens is 529 g/mol. The Hall–Kier alpha value is -4.58. The lowest BCUT2D eigenvalue weighted by Gasteiger charge is -2.11. The average Bonchev–Trinajstić information content (AvgIpc) is 3.56. The lowest BCUT2D eigenvalue weighted by Crippen LogP contribution is -2.25. The number of aromatic nitrogens is 2. The Morgan fingerprint density at radius 1 is 1.12 bits per heavy atom. The Morgan fingerprint density at radius 3 is 2.62 bits per heavy atom. The van der Waals surface area contributed by atoms with E-state index in [1.54, 1.807) is 25.3 Å². The van der Waals surface area contributed by atoms with Gasteiger partial charge in [0.25, 0.3) is 5.91 Å². The highest BCUT2D eigenvalue weighted by molar-refractivity contribution is 5.98. The van der Waals surface area contributed by atoms with E-state index in [1.165, 1.54) is 19.2 Å². The number of fused-ring (bicyclic) bond motifs is 2. The third-order valence-corrected chi connectivity index (χ3v) is 6.22. The van der Waals surface area contributed by atoms with E-state index in [1.807, 2.05) is 19.1 Å². The predicted molar refractivity (Wildman–Crippen MR) is 140 cm³/mol. The van der Waals surface area contributed by atoms with E-state index in [9.17, 15) is 18.0 Å². The van der Waals surface area contributed by atoms with E-state index >= 15 is 0 Å². The van der Waals surface area contributed by atoms with Gasteiger partial charge >= 0.3 is 6.18 Å². The zero-order valence-corrected chi connectivity index (χ0v) is 21.8. The number of methoxy groups -OCH3 is 1. The van der Waals surface area contributed by atoms with Crippen LogP contribution < -0.4 is 20.5 Å². The lowest BCUT2D eigenvalue weighted by molar-refractivity contribution is -0.140. The van der Waals surface area contributed by atoms with E-state index in [2.05, 4.69) is 15.3 Å². The van der Waals surface area contributed by atoms with E-state index in [-0.39, 0.29) is 35.2 Å². The Labute approximate surface area is 226 Å². The first-order chi connectivity index (χ1) is 19.1. The molecule has 40 heavy (non-hydrogen) atoms. The Bertz CT molecular complexity index is 1710. The van der Waals surface area contributed by atoms with E-state index < -0.39 is 23.8 Å². The van der Waals surface area contributed by atoms with Crippen molar-refractivity contribution in [3.05, 3.63) is 71.4 Å². The molecule has 9 nitrogen and oxygen atoms in total. The van der Waals surface area contributed by atoms with Crippen LogP contribution >= 0.6 is 0 Å². The fourth-order valence-corrected chi connectivity index (χ4v) is 4.40. The van der Waals surface area contributed by atoms with Gasteiger partial charge in [-0.1, -0.05) is 6.07 Å². The molecule has 208 valence electrons. The van der Waals surface area contributed by atoms with Gasteiger partial charge in [0.15, 0.2) is 11.5 Å². The number of ether oxygens (including phenoxy) is 2. The smallest absolute Gasteiger partial charge is 0.433 e. The third-order valence-electron chi connectivity index (χ3n) is 6.22. The van der Waals surface area contributed by atoms with Crippen molar-refractivity contribution < 1.29 is 36.3 Å². The average molecular weight is 555 g/mol. The molecule has 0 saturated heterocycles. The van der Waals surface area contributed by atoms with Crippen molar-refractivity contribution in [2.24, 2.45) is 5.73 Å². The summed E-state index contributed by atoms with van der Waals surface area (Å²) >= 11 is 0. The van der Waals surface area contributed by atoms with Crippen LogP contribution in [0.3, 0.4) is 0 Å². The first-order valence-corrected chi connectivity index (χ1v) is 12.3. The number of alkyl halides is 3. The molecular formula is C28H25F3N4O5. The topological polar surface area (TPSA) is 126 Å². The summed E-state index contributed by atoms with van der Waals surface area (Å²) in [5.74, 6) is 0.329. The standard InChI is InChI=1S/C28H25F3N4O5/c1-4-38-18-6-5-7-19-22(18)15(13-39-19)12-33-26(36)24-25(14(2)32)40-27(35-24)17-8-10-20(37-3)23-16(17)9-11-21(34-23)28(29,30)31/h5-11,13-14H,4,12,32H2,1-3H3,(H,33,36)/t14-/m0/s1. The summed E-state index contributed by atoms with van der Waals surface area (Å²) in [6.45, 7) is 4.06. The molecule has 0 spiro atoms. The van der Waals surface area contributed by atoms with E-state index in [0.717, 1.165) is 11.5 Å². The summed E-state index contributed by atoms with van der Waals surface area (Å²) in [4.78, 5) is 21.4. The number of carbonyl (C=O) groups is 1. The van der Waals surface area contributed by atoms with Crippen LogP contribution in [0.4, 0.5) is 13.2 Å². The van der Waals surface area contributed by atoms with Crippen LogP contribution in [0.25, 0.3) is 33.3 Å². The summed E-state index contributed by atoms with van der Waals surface area (Å²) in [6.07, 6.45) is -3.10. The number of nitrogens with one attached hydrogen (secondary N) is 1. The SMILES string of the molecule is CCOc1cccc2occ(CNC(=O)c3nc(-c4ccc(OC)c5nc(C(F)(F)F)ccc45)oc3[C@H](C)N)c12. The van der Waals surface area contributed by atoms with Crippen molar-refractivity contribution in [3.8, 4) is 23.0 Å². The number of pyridine rings is 1. The maximum atomic E-state index is 13.3. The first kappa shape index (κ1) is 27.0. The van der Waals surface area contributed by atoms with Gasteiger partial charge in [-0.15, -0.1) is 0 Å². The van der Waals surface area contributed by atoms with Crippen molar-refractivity contribution in [3.63, 3.8) is 0 Å². The van der Waals surface area contributed by atoms with Gasteiger partial charge in [-0.25, -0.2) is 9.97 Å². The van der Waals surface area contributed by atoms with Crippen molar-refractivity contribution in [1.82, 2.24) is 15.3 Å². The van der Waals surface area contributed by atoms with Crippen LogP contribution in [-0.4, -0.2) is 29.6 Å². The minimum absolute atomic E-state index is 0.000875. The molecule has 0 fully saturated rings. The second-order valence-electron chi connectivity index (χ2n) is 8.93. The second-order valence-corrected chi connectivity index (χ2v) is 8.93. The largest absolute Gasteiger partial charge is 0.494 e. The van der Waals surface area contributed by atoms with Gasteiger partial charge in [0, 0.05) is 23.1 Å². The van der Waals surface area contributed by atoms with Crippen molar-refractivity contribution in [2.45, 2.75) is 32.6 Å². The van der Waals surface area contributed by atoms with Crippen LogP contribution in [0.5, 0.6) is 11.5 Å². The number of amides is 1. The van der Waals surface area contributed by atoms with Crippen LogP contribution in [0, 0.1) is 0 Å². The molecule has 0 aliphatic rings. The summed E-state index contributed by atoms with van der Waals surface area (Å²) in [5, 5.41) is 3.85. The summed E-state index contributed by atoms with van der Waals surface area (Å²) in [6, 6.07) is 9.87. The molecule has 3 heterocycles. The number of hydrogen-bond acceptors (Lipinski definition) is 8. The fourth-order valence-electron chi connectivity index (χ4n) is 4.40. The molecule has 1 amide bonds. The number of oxazole rings is 1. The van der Waals surface area contributed by atoms with Gasteiger partial charge in [-0.2, -0.15) is 13.2 Å². The quantitative estimate of drug-likeness (QED) is 0.239. The molecule has 0 saturated carbocycles. The minimum atomic E-state index is -4.64. The zero-order chi connectivity index (χ0) is 28.6. The number of rotatable bonds is 8. The molecule has 2 aromatic carbocycles. The highest BCUT2D eigenvalue weighted by atomic mass is 19.4. The number of benzene rings is 2. The Kier molecular flexibility index (Phi) is 7.11. The second kappa shape index (κ2) is 10.5. The Morgan fingerprint density at radius 2 is 1.93 bits per heavy atom. The summed E-state index contributed by atoms with van der Waals surface area (Å²) in [7, 11) is 1.33. The Balaban J connectivity index is 1.50. The van der Waals surface area contributed by atoms with Gasteiger partial charge in [-0.3, -0.25) is 4.79 Å². The molecule has 0 aliphatic carbocycles. The molecule has 0 aliphatic heterocycles. The van der Waals surface area contributed by atoms with Crippen LogP contribution in [0.2, 0.25) is 0 Å². The van der Waals surface area contributed by atoms with Crippen LogP contribution in [0.1, 0.15) is 47.4 Å². The van der Waals surface area contributed by atoms with Gasteiger partial charge in [0.05, 0.1) is 31.4 Å². The highest BCUT2D eigenvalue weighted by Gasteiger charge is 2.33. The zero-order valence-electron chi connectivity index (χ0n) is 21.8. The number of hydrogen-bond donors (Lipinski definition) is 2. The molecule has 0 radical (unpaired) electrons. The number of nitrogens with two attached hydrogens (primary N) is 1. The molecule has 1 atom stereocenters. The van der Waals surface area contributed by atoms with E-state index in [0.29, 0.717) is 34.5 Å². The normalized spacial score (nSPS) is 12.6. The minimum Gasteiger partial charge on any atom is -0.494 e. The van der Waals surface area contributed by atoms with Gasteiger partial charge < -0.3 is 29.4 Å². The summed E-state index contributed by atoms with van der Waals surface area (Å²) in [5.41, 5.74) is 6.57. The lowest BCUT2D eigenvalue weighted by atomic mass is 10.1. The number of halogens is 3. The van der Waals surface area contributed by atoms with Gasteiger partial charge in [-0.05, 0) is 50.2 Å². The molecule has 3 aromatic heterocycles. The van der Waals surface area contributed by atoms with Crippen LogP contribution in [-0.2, 0) is 12.7 Å². The molecule has 5 aromatic rings. The first-order valence-electron chi connectivity index (χ1n) is 12.3. The molecule has 5 rings (SSSR count). The number of furan rings is 1. The van der Waals surface area contributed by atoms with Gasteiger partial charge in [0.2, 0.25) is 5.89 Å². The van der Waals surface area contributed by atoms with Crippen molar-refractivity contribution >= 4 is 27.8 Å². The van der Waals surface area contributed by atoms with Crippen molar-refractivity contribution in [2.75, 3.05) is 13.7 Å². The molecule has 3 N–H and O–H groups in total. The predicted octanol–water partition coefficient (Wildman–Crippen LogP) is 6.01. The molecule has 0 unspecified atom stereocenters. The maximum Gasteiger partial charge on any atom is 0.433 e. The molecule has 12 heteroatoms. The highest BCUT2D eigenvalue weighted by Crippen LogP contribution is 2.37. The number of nitrogens with zero attached hydrogens (tertiary/aromatic N) is 2. The van der Waals surface area contributed by atoms with E-state index in [4.69, 9.17) is 24.0 Å². The monoisotopic (exact) mass is 554 g/mol. The van der Waals surface area contributed by atoms with Crippen LogP contribution in [0.15, 0.2) is 57.6 Å². The molecule has 0 bridgehead atoms. The van der Waals surface area contributed by atoms with Gasteiger partial charge in [0.1, 0.15) is 28.3 Å².